The molecular weight excluding hydrogens is 150 g/mol. The molecule has 1 saturated carbocycles. The number of hydrogen-bond acceptors (Lipinski definition) is 1. The predicted octanol–water partition coefficient (Wildman–Crippen LogP) is 1.80. The molecule has 1 aliphatic heterocycles. The van der Waals surface area contributed by atoms with Crippen molar-refractivity contribution >= 4 is 6.41 Å². The average molecular weight is 167 g/mol. The van der Waals surface area contributed by atoms with E-state index < -0.39 is 0 Å². The maximum atomic E-state index is 10.7. The Balaban J connectivity index is 1.96. The Morgan fingerprint density at radius 2 is 1.83 bits per heavy atom. The molecule has 2 fully saturated rings. The standard InChI is InChI=1S/C10H17NO/c12-8-11-7-3-6-10(11)9-4-1-2-5-9/h8-10H,1-7H2. The van der Waals surface area contributed by atoms with Gasteiger partial charge in [0, 0.05) is 12.6 Å². The summed E-state index contributed by atoms with van der Waals surface area (Å²) in [6, 6.07) is 0.602. The summed E-state index contributed by atoms with van der Waals surface area (Å²) in [4.78, 5) is 12.7. The Bertz CT molecular complexity index is 163. The smallest absolute Gasteiger partial charge is 0.209 e. The number of amides is 1. The van der Waals surface area contributed by atoms with Gasteiger partial charge in [-0.15, -0.1) is 0 Å². The van der Waals surface area contributed by atoms with Gasteiger partial charge in [0.2, 0.25) is 6.41 Å². The minimum absolute atomic E-state index is 0.602. The zero-order chi connectivity index (χ0) is 8.39. The second kappa shape index (κ2) is 3.46. The number of carbonyl (C=O) groups is 1. The molecule has 2 nitrogen and oxygen atoms in total. The van der Waals surface area contributed by atoms with Crippen molar-refractivity contribution in [3.05, 3.63) is 0 Å². The van der Waals surface area contributed by atoms with Crippen molar-refractivity contribution in [3.63, 3.8) is 0 Å². The Morgan fingerprint density at radius 1 is 1.08 bits per heavy atom. The maximum Gasteiger partial charge on any atom is 0.209 e. The molecule has 1 amide bonds. The Labute approximate surface area is 73.9 Å². The lowest BCUT2D eigenvalue weighted by Gasteiger charge is -2.25. The molecule has 0 spiro atoms. The second-order valence-electron chi connectivity index (χ2n) is 4.10. The first-order valence-electron chi connectivity index (χ1n) is 5.13. The van der Waals surface area contributed by atoms with Gasteiger partial charge in [0.1, 0.15) is 0 Å². The molecule has 0 N–H and O–H groups in total. The molecule has 0 bridgehead atoms. The third-order valence-electron chi connectivity index (χ3n) is 3.42. The molecule has 2 aliphatic rings. The highest BCUT2D eigenvalue weighted by Crippen LogP contribution is 2.34. The molecule has 0 aromatic rings. The number of hydrogen-bond donors (Lipinski definition) is 0. The van der Waals surface area contributed by atoms with Crippen LogP contribution in [0.5, 0.6) is 0 Å². The zero-order valence-electron chi connectivity index (χ0n) is 7.54. The fraction of sp³-hybridized carbons (Fsp3) is 0.900. The van der Waals surface area contributed by atoms with E-state index in [1.54, 1.807) is 0 Å². The number of carbonyl (C=O) groups excluding carboxylic acids is 1. The summed E-state index contributed by atoms with van der Waals surface area (Å²) in [5.74, 6) is 0.831. The van der Waals surface area contributed by atoms with Crippen LogP contribution in [0.2, 0.25) is 0 Å². The normalized spacial score (nSPS) is 31.3. The van der Waals surface area contributed by atoms with E-state index in [9.17, 15) is 4.79 Å². The number of likely N-dealkylation sites (tertiary alicyclic amines) is 1. The molecule has 1 aliphatic carbocycles. The van der Waals surface area contributed by atoms with Gasteiger partial charge in [-0.25, -0.2) is 0 Å². The topological polar surface area (TPSA) is 20.3 Å². The maximum absolute atomic E-state index is 10.7. The zero-order valence-corrected chi connectivity index (χ0v) is 7.54. The summed E-state index contributed by atoms with van der Waals surface area (Å²) >= 11 is 0. The predicted molar refractivity (Wildman–Crippen MR) is 47.8 cm³/mol. The van der Waals surface area contributed by atoms with Gasteiger partial charge in [0.15, 0.2) is 0 Å². The third-order valence-corrected chi connectivity index (χ3v) is 3.42. The monoisotopic (exact) mass is 167 g/mol. The SMILES string of the molecule is O=CN1CCCC1C1CCCC1. The minimum Gasteiger partial charge on any atom is -0.342 e. The van der Waals surface area contributed by atoms with Crippen molar-refractivity contribution in [1.82, 2.24) is 4.90 Å². The van der Waals surface area contributed by atoms with Crippen LogP contribution in [0.3, 0.4) is 0 Å². The highest BCUT2D eigenvalue weighted by molar-refractivity contribution is 5.48. The minimum atomic E-state index is 0.602. The van der Waals surface area contributed by atoms with Crippen LogP contribution in [0.1, 0.15) is 38.5 Å². The van der Waals surface area contributed by atoms with E-state index in [0.717, 1.165) is 18.9 Å². The number of rotatable bonds is 2. The highest BCUT2D eigenvalue weighted by atomic mass is 16.1. The first-order valence-corrected chi connectivity index (χ1v) is 5.13. The summed E-state index contributed by atoms with van der Waals surface area (Å²) in [5, 5.41) is 0. The Hall–Kier alpha value is -0.530. The van der Waals surface area contributed by atoms with E-state index in [-0.39, 0.29) is 0 Å². The summed E-state index contributed by atoms with van der Waals surface area (Å²) < 4.78 is 0. The Morgan fingerprint density at radius 3 is 2.50 bits per heavy atom. The first-order chi connectivity index (χ1) is 5.92. The lowest BCUT2D eigenvalue weighted by Crippen LogP contribution is -2.33. The lowest BCUT2D eigenvalue weighted by atomic mass is 9.96. The van der Waals surface area contributed by atoms with Gasteiger partial charge in [0.25, 0.3) is 0 Å². The molecule has 2 rings (SSSR count). The highest BCUT2D eigenvalue weighted by Gasteiger charge is 2.32. The third kappa shape index (κ3) is 1.35. The van der Waals surface area contributed by atoms with Gasteiger partial charge >= 0.3 is 0 Å². The first kappa shape index (κ1) is 8.09. The molecular formula is C10H17NO. The van der Waals surface area contributed by atoms with Gasteiger partial charge < -0.3 is 4.90 Å². The van der Waals surface area contributed by atoms with Crippen molar-refractivity contribution in [2.45, 2.75) is 44.6 Å². The molecule has 1 unspecified atom stereocenters. The van der Waals surface area contributed by atoms with E-state index in [2.05, 4.69) is 0 Å². The molecule has 1 atom stereocenters. The molecule has 0 aromatic carbocycles. The molecule has 12 heavy (non-hydrogen) atoms. The quantitative estimate of drug-likeness (QED) is 0.574. The van der Waals surface area contributed by atoms with Gasteiger partial charge in [-0.1, -0.05) is 12.8 Å². The van der Waals surface area contributed by atoms with Crippen molar-refractivity contribution in [2.24, 2.45) is 5.92 Å². The van der Waals surface area contributed by atoms with E-state index >= 15 is 0 Å². The molecule has 0 radical (unpaired) electrons. The molecule has 1 heterocycles. The van der Waals surface area contributed by atoms with Crippen LogP contribution in [0.25, 0.3) is 0 Å². The van der Waals surface area contributed by atoms with E-state index in [1.165, 1.54) is 38.5 Å². The lowest BCUT2D eigenvalue weighted by molar-refractivity contribution is -0.119. The largest absolute Gasteiger partial charge is 0.342 e. The van der Waals surface area contributed by atoms with E-state index in [0.29, 0.717) is 6.04 Å². The van der Waals surface area contributed by atoms with Crippen LogP contribution >= 0.6 is 0 Å². The van der Waals surface area contributed by atoms with Gasteiger partial charge in [-0.05, 0) is 31.6 Å². The average Bonchev–Trinajstić information content (AvgIpc) is 2.74. The molecule has 0 aromatic heterocycles. The fourth-order valence-corrected chi connectivity index (χ4v) is 2.79. The summed E-state index contributed by atoms with van der Waals surface area (Å²) in [6.45, 7) is 1.00. The fourth-order valence-electron chi connectivity index (χ4n) is 2.79. The Kier molecular flexibility index (Phi) is 2.33. The summed E-state index contributed by atoms with van der Waals surface area (Å²) in [7, 11) is 0. The van der Waals surface area contributed by atoms with Crippen molar-refractivity contribution < 1.29 is 4.79 Å². The van der Waals surface area contributed by atoms with Crippen molar-refractivity contribution in [3.8, 4) is 0 Å². The summed E-state index contributed by atoms with van der Waals surface area (Å²) in [5.41, 5.74) is 0. The van der Waals surface area contributed by atoms with Crippen LogP contribution in [-0.2, 0) is 4.79 Å². The van der Waals surface area contributed by atoms with Gasteiger partial charge in [0.05, 0.1) is 0 Å². The van der Waals surface area contributed by atoms with Crippen molar-refractivity contribution in [1.29, 1.82) is 0 Å². The van der Waals surface area contributed by atoms with E-state index in [1.807, 2.05) is 4.90 Å². The van der Waals surface area contributed by atoms with Crippen molar-refractivity contribution in [2.75, 3.05) is 6.54 Å². The van der Waals surface area contributed by atoms with E-state index in [4.69, 9.17) is 0 Å². The van der Waals surface area contributed by atoms with Crippen LogP contribution < -0.4 is 0 Å². The second-order valence-corrected chi connectivity index (χ2v) is 4.10. The van der Waals surface area contributed by atoms with Crippen LogP contribution in [0.15, 0.2) is 0 Å². The molecule has 1 saturated heterocycles. The van der Waals surface area contributed by atoms with Crippen LogP contribution in [0.4, 0.5) is 0 Å². The van der Waals surface area contributed by atoms with Gasteiger partial charge in [-0.3, -0.25) is 4.79 Å². The molecule has 68 valence electrons. The van der Waals surface area contributed by atoms with Crippen LogP contribution in [-0.4, -0.2) is 23.9 Å². The van der Waals surface area contributed by atoms with Gasteiger partial charge in [-0.2, -0.15) is 0 Å². The van der Waals surface area contributed by atoms with Crippen LogP contribution in [0, 0.1) is 5.92 Å². The number of nitrogens with zero attached hydrogens (tertiary/aromatic N) is 1. The summed E-state index contributed by atoms with van der Waals surface area (Å²) in [6.07, 6.45) is 9.01. The molecule has 2 heteroatoms.